The highest BCUT2D eigenvalue weighted by molar-refractivity contribution is 5.56. The smallest absolute Gasteiger partial charge is 0.121 e. The zero-order chi connectivity index (χ0) is 15.6. The van der Waals surface area contributed by atoms with Crippen LogP contribution in [0.1, 0.15) is 45.6 Å². The maximum absolute atomic E-state index is 6.15. The number of nitrogens with zero attached hydrogens (tertiary/aromatic N) is 1. The quantitative estimate of drug-likeness (QED) is 0.912. The second-order valence-corrected chi connectivity index (χ2v) is 7.58. The van der Waals surface area contributed by atoms with E-state index in [0.29, 0.717) is 11.5 Å². The fourth-order valence-electron chi connectivity index (χ4n) is 3.51. The maximum Gasteiger partial charge on any atom is 0.121 e. The molecule has 1 aromatic rings. The number of nitrogens with one attached hydrogen (secondary N) is 1. The second-order valence-electron chi connectivity index (χ2n) is 7.58. The summed E-state index contributed by atoms with van der Waals surface area (Å²) < 4.78 is 6.15. The van der Waals surface area contributed by atoms with Gasteiger partial charge in [0.05, 0.1) is 6.61 Å². The number of piperidine rings is 1. The Morgan fingerprint density at radius 1 is 1.27 bits per heavy atom. The van der Waals surface area contributed by atoms with Gasteiger partial charge < -0.3 is 15.0 Å². The summed E-state index contributed by atoms with van der Waals surface area (Å²) >= 11 is 0. The monoisotopic (exact) mass is 302 g/mol. The summed E-state index contributed by atoms with van der Waals surface area (Å²) in [5.74, 6) is 1.01. The van der Waals surface area contributed by atoms with Gasteiger partial charge in [0.1, 0.15) is 5.75 Å². The molecule has 2 aliphatic heterocycles. The van der Waals surface area contributed by atoms with E-state index in [-0.39, 0.29) is 0 Å². The van der Waals surface area contributed by atoms with E-state index in [0.717, 1.165) is 18.9 Å². The lowest BCUT2D eigenvalue weighted by Crippen LogP contribution is -2.44. The molecule has 122 valence electrons. The number of ether oxygens (including phenoxy) is 1. The number of benzene rings is 1. The predicted octanol–water partition coefficient (Wildman–Crippen LogP) is 3.93. The van der Waals surface area contributed by atoms with Crippen LogP contribution in [0.5, 0.6) is 5.75 Å². The standard InChI is InChI=1S/C19H30N2O/c1-15(2)21-11-8-19(3,9-12-21)14-22-17-7-6-16-5-4-10-20-18(16)13-17/h6-7,13,15,20H,4-5,8-12,14H2,1-3H3. The zero-order valence-corrected chi connectivity index (χ0v) is 14.3. The first-order valence-corrected chi connectivity index (χ1v) is 8.79. The SMILES string of the molecule is CC(C)N1CCC(C)(COc2ccc3c(c2)NCCC3)CC1. The van der Waals surface area contributed by atoms with E-state index in [9.17, 15) is 0 Å². The van der Waals surface area contributed by atoms with E-state index in [4.69, 9.17) is 4.74 Å². The fourth-order valence-corrected chi connectivity index (χ4v) is 3.51. The van der Waals surface area contributed by atoms with E-state index < -0.39 is 0 Å². The Labute approximate surface area is 135 Å². The molecule has 3 rings (SSSR count). The molecular formula is C19H30N2O. The lowest BCUT2D eigenvalue weighted by atomic mass is 9.81. The largest absolute Gasteiger partial charge is 0.493 e. The fraction of sp³-hybridized carbons (Fsp3) is 0.684. The predicted molar refractivity (Wildman–Crippen MR) is 92.8 cm³/mol. The van der Waals surface area contributed by atoms with Crippen molar-refractivity contribution >= 4 is 5.69 Å². The van der Waals surface area contributed by atoms with Crippen LogP contribution in [0.15, 0.2) is 18.2 Å². The molecule has 1 N–H and O–H groups in total. The molecule has 0 aliphatic carbocycles. The summed E-state index contributed by atoms with van der Waals surface area (Å²) in [6.07, 6.45) is 4.88. The number of aryl methyl sites for hydroxylation is 1. The van der Waals surface area contributed by atoms with Crippen molar-refractivity contribution in [1.29, 1.82) is 0 Å². The molecule has 1 saturated heterocycles. The molecule has 1 aromatic carbocycles. The molecule has 3 heteroatoms. The molecule has 0 radical (unpaired) electrons. The third kappa shape index (κ3) is 3.57. The molecule has 0 amide bonds. The number of anilines is 1. The van der Waals surface area contributed by atoms with Gasteiger partial charge in [-0.1, -0.05) is 13.0 Å². The van der Waals surface area contributed by atoms with E-state index in [1.54, 1.807) is 0 Å². The Morgan fingerprint density at radius 2 is 2.05 bits per heavy atom. The van der Waals surface area contributed by atoms with Crippen molar-refractivity contribution in [2.75, 3.05) is 31.6 Å². The normalized spacial score (nSPS) is 21.3. The molecule has 3 nitrogen and oxygen atoms in total. The Kier molecular flexibility index (Phi) is 4.62. The molecule has 1 fully saturated rings. The molecule has 0 aromatic heterocycles. The van der Waals surface area contributed by atoms with Crippen LogP contribution in [0.3, 0.4) is 0 Å². The summed E-state index contributed by atoms with van der Waals surface area (Å²) in [7, 11) is 0. The lowest BCUT2D eigenvalue weighted by molar-refractivity contribution is 0.0553. The molecule has 2 heterocycles. The molecule has 0 bridgehead atoms. The van der Waals surface area contributed by atoms with Crippen molar-refractivity contribution in [3.8, 4) is 5.75 Å². The Balaban J connectivity index is 1.56. The van der Waals surface area contributed by atoms with Crippen LogP contribution >= 0.6 is 0 Å². The number of hydrogen-bond acceptors (Lipinski definition) is 3. The van der Waals surface area contributed by atoms with Crippen LogP contribution in [-0.4, -0.2) is 37.2 Å². The summed E-state index contributed by atoms with van der Waals surface area (Å²) in [6.45, 7) is 11.3. The maximum atomic E-state index is 6.15. The van der Waals surface area contributed by atoms with Gasteiger partial charge in [-0.3, -0.25) is 0 Å². The minimum absolute atomic E-state index is 0.314. The van der Waals surface area contributed by atoms with Gasteiger partial charge in [-0.05, 0) is 64.3 Å². The molecule has 22 heavy (non-hydrogen) atoms. The van der Waals surface area contributed by atoms with Gasteiger partial charge in [0.25, 0.3) is 0 Å². The number of hydrogen-bond donors (Lipinski definition) is 1. The van der Waals surface area contributed by atoms with Crippen LogP contribution in [0.4, 0.5) is 5.69 Å². The van der Waals surface area contributed by atoms with E-state index in [2.05, 4.69) is 49.2 Å². The van der Waals surface area contributed by atoms with Gasteiger partial charge in [0.15, 0.2) is 0 Å². The lowest BCUT2D eigenvalue weighted by Gasteiger charge is -2.40. The van der Waals surface area contributed by atoms with E-state index >= 15 is 0 Å². The minimum atomic E-state index is 0.314. The summed E-state index contributed by atoms with van der Waals surface area (Å²) in [5, 5.41) is 3.48. The zero-order valence-electron chi connectivity index (χ0n) is 14.3. The molecule has 0 unspecified atom stereocenters. The third-order valence-electron chi connectivity index (χ3n) is 5.34. The minimum Gasteiger partial charge on any atom is -0.493 e. The number of likely N-dealkylation sites (tertiary alicyclic amines) is 1. The third-order valence-corrected chi connectivity index (χ3v) is 5.34. The first-order valence-electron chi connectivity index (χ1n) is 8.79. The van der Waals surface area contributed by atoms with Gasteiger partial charge in [0.2, 0.25) is 0 Å². The highest BCUT2D eigenvalue weighted by Gasteiger charge is 2.31. The van der Waals surface area contributed by atoms with E-state index in [1.165, 1.54) is 50.0 Å². The number of fused-ring (bicyclic) bond motifs is 1. The molecule has 0 saturated carbocycles. The van der Waals surface area contributed by atoms with Crippen molar-refractivity contribution in [2.45, 2.75) is 52.5 Å². The average molecular weight is 302 g/mol. The van der Waals surface area contributed by atoms with Crippen molar-refractivity contribution in [1.82, 2.24) is 4.90 Å². The molecular weight excluding hydrogens is 272 g/mol. The van der Waals surface area contributed by atoms with Crippen molar-refractivity contribution in [3.05, 3.63) is 23.8 Å². The summed E-state index contributed by atoms with van der Waals surface area (Å²) in [5.41, 5.74) is 3.01. The van der Waals surface area contributed by atoms with Gasteiger partial charge >= 0.3 is 0 Å². The van der Waals surface area contributed by atoms with Crippen molar-refractivity contribution in [3.63, 3.8) is 0 Å². The van der Waals surface area contributed by atoms with Gasteiger partial charge in [0, 0.05) is 29.8 Å². The second kappa shape index (κ2) is 6.49. The van der Waals surface area contributed by atoms with Gasteiger partial charge in [-0.25, -0.2) is 0 Å². The number of rotatable bonds is 4. The van der Waals surface area contributed by atoms with Crippen LogP contribution in [0.2, 0.25) is 0 Å². The first-order chi connectivity index (χ1) is 10.6. The Bertz CT molecular complexity index is 504. The van der Waals surface area contributed by atoms with Gasteiger partial charge in [-0.15, -0.1) is 0 Å². The Morgan fingerprint density at radius 3 is 2.77 bits per heavy atom. The van der Waals surface area contributed by atoms with Crippen molar-refractivity contribution < 1.29 is 4.74 Å². The van der Waals surface area contributed by atoms with Crippen LogP contribution in [-0.2, 0) is 6.42 Å². The Hall–Kier alpha value is -1.22. The average Bonchev–Trinajstić information content (AvgIpc) is 2.53. The van der Waals surface area contributed by atoms with Crippen LogP contribution in [0, 0.1) is 5.41 Å². The van der Waals surface area contributed by atoms with Crippen LogP contribution in [0.25, 0.3) is 0 Å². The first kappa shape index (κ1) is 15.7. The molecule has 0 spiro atoms. The van der Waals surface area contributed by atoms with Crippen LogP contribution < -0.4 is 10.1 Å². The summed E-state index contributed by atoms with van der Waals surface area (Å²) in [4.78, 5) is 2.57. The van der Waals surface area contributed by atoms with Gasteiger partial charge in [-0.2, -0.15) is 0 Å². The molecule has 2 aliphatic rings. The topological polar surface area (TPSA) is 24.5 Å². The molecule has 0 atom stereocenters. The summed E-state index contributed by atoms with van der Waals surface area (Å²) in [6, 6.07) is 7.21. The highest BCUT2D eigenvalue weighted by atomic mass is 16.5. The van der Waals surface area contributed by atoms with Crippen molar-refractivity contribution in [2.24, 2.45) is 5.41 Å². The van der Waals surface area contributed by atoms with E-state index in [1.807, 2.05) is 0 Å². The highest BCUT2D eigenvalue weighted by Crippen LogP contribution is 2.33.